The monoisotopic (exact) mass is 392 g/mol. The summed E-state index contributed by atoms with van der Waals surface area (Å²) in [6, 6.07) is 10.3. The predicted octanol–water partition coefficient (Wildman–Crippen LogP) is 3.27. The Hall–Kier alpha value is -2.94. The number of hydrogen-bond acceptors (Lipinski definition) is 5. The number of aliphatic carboxylic acids is 1. The lowest BCUT2D eigenvalue weighted by Gasteiger charge is -2.25. The number of rotatable bonds is 8. The number of carboxylic acids is 1. The minimum Gasteiger partial charge on any atom is -0.481 e. The van der Waals surface area contributed by atoms with Gasteiger partial charge in [0.25, 0.3) is 15.7 Å². The van der Waals surface area contributed by atoms with Crippen molar-refractivity contribution in [2.24, 2.45) is 0 Å². The van der Waals surface area contributed by atoms with E-state index in [0.717, 1.165) is 21.5 Å². The van der Waals surface area contributed by atoms with Gasteiger partial charge in [-0.3, -0.25) is 19.2 Å². The molecule has 0 unspecified atom stereocenters. The molecule has 0 aliphatic rings. The van der Waals surface area contributed by atoms with Gasteiger partial charge in [0.1, 0.15) is 0 Å². The first-order chi connectivity index (χ1) is 12.6. The fraction of sp³-hybridized carbons (Fsp3) is 0.278. The summed E-state index contributed by atoms with van der Waals surface area (Å²) in [4.78, 5) is 20.9. The van der Waals surface area contributed by atoms with E-state index in [1.807, 2.05) is 19.9 Å². The van der Waals surface area contributed by atoms with Crippen LogP contribution >= 0.6 is 0 Å². The molecule has 144 valence electrons. The Bertz CT molecular complexity index is 951. The second kappa shape index (κ2) is 8.17. The van der Waals surface area contributed by atoms with Crippen LogP contribution in [0.25, 0.3) is 0 Å². The molecule has 0 saturated carbocycles. The van der Waals surface area contributed by atoms with Gasteiger partial charge in [0.05, 0.1) is 10.6 Å². The SMILES string of the molecule is Cc1cc(C)cc(N(CCCC(=O)O)S(=O)(=O)c2ccccc2[N+](=O)[O-])c1. The van der Waals surface area contributed by atoms with E-state index in [1.165, 1.54) is 18.2 Å². The van der Waals surface area contributed by atoms with E-state index < -0.39 is 31.5 Å². The molecule has 2 aromatic carbocycles. The van der Waals surface area contributed by atoms with Crippen molar-refractivity contribution >= 4 is 27.4 Å². The summed E-state index contributed by atoms with van der Waals surface area (Å²) in [5.41, 5.74) is 1.47. The summed E-state index contributed by atoms with van der Waals surface area (Å²) in [5.74, 6) is -1.04. The topological polar surface area (TPSA) is 118 Å². The molecule has 0 aliphatic heterocycles. The molecule has 8 nitrogen and oxygen atoms in total. The molecule has 2 rings (SSSR count). The highest BCUT2D eigenvalue weighted by Crippen LogP contribution is 2.31. The number of nitro benzene ring substituents is 1. The van der Waals surface area contributed by atoms with Gasteiger partial charge >= 0.3 is 5.97 Å². The van der Waals surface area contributed by atoms with Crippen molar-refractivity contribution in [3.63, 3.8) is 0 Å². The zero-order valence-corrected chi connectivity index (χ0v) is 15.8. The zero-order valence-electron chi connectivity index (χ0n) is 15.0. The Labute approximate surface area is 157 Å². The molecule has 0 bridgehead atoms. The van der Waals surface area contributed by atoms with Crippen LogP contribution in [0.4, 0.5) is 11.4 Å². The molecule has 0 aromatic heterocycles. The highest BCUT2D eigenvalue weighted by molar-refractivity contribution is 7.93. The van der Waals surface area contributed by atoms with Crippen molar-refractivity contribution in [2.45, 2.75) is 31.6 Å². The fourth-order valence-electron chi connectivity index (χ4n) is 2.80. The van der Waals surface area contributed by atoms with Crippen molar-refractivity contribution < 1.29 is 23.2 Å². The number of benzene rings is 2. The third-order valence-corrected chi connectivity index (χ3v) is 5.75. The van der Waals surface area contributed by atoms with Gasteiger partial charge in [-0.15, -0.1) is 0 Å². The number of anilines is 1. The van der Waals surface area contributed by atoms with Crippen LogP contribution in [-0.2, 0) is 14.8 Å². The molecule has 9 heteroatoms. The lowest BCUT2D eigenvalue weighted by Crippen LogP contribution is -2.33. The predicted molar refractivity (Wildman–Crippen MR) is 100 cm³/mol. The molecule has 2 aromatic rings. The quantitative estimate of drug-likeness (QED) is 0.544. The molecule has 0 aliphatic carbocycles. The first kappa shape index (κ1) is 20.4. The largest absolute Gasteiger partial charge is 0.481 e. The lowest BCUT2D eigenvalue weighted by molar-refractivity contribution is -0.387. The third kappa shape index (κ3) is 4.82. The summed E-state index contributed by atoms with van der Waals surface area (Å²) >= 11 is 0. The minimum atomic E-state index is -4.26. The highest BCUT2D eigenvalue weighted by Gasteiger charge is 2.31. The summed E-state index contributed by atoms with van der Waals surface area (Å²) in [5, 5.41) is 20.1. The lowest BCUT2D eigenvalue weighted by atomic mass is 10.1. The first-order valence-electron chi connectivity index (χ1n) is 8.19. The summed E-state index contributed by atoms with van der Waals surface area (Å²) in [6.45, 7) is 3.51. The van der Waals surface area contributed by atoms with Gasteiger partial charge in [-0.1, -0.05) is 18.2 Å². The van der Waals surface area contributed by atoms with E-state index in [-0.39, 0.29) is 19.4 Å². The number of carboxylic acid groups (broad SMARTS) is 1. The fourth-order valence-corrected chi connectivity index (χ4v) is 4.45. The van der Waals surface area contributed by atoms with Crippen molar-refractivity contribution in [2.75, 3.05) is 10.8 Å². The van der Waals surface area contributed by atoms with Gasteiger partial charge in [-0.25, -0.2) is 8.42 Å². The van der Waals surface area contributed by atoms with E-state index in [9.17, 15) is 23.3 Å². The van der Waals surface area contributed by atoms with Crippen molar-refractivity contribution in [3.8, 4) is 0 Å². The second-order valence-corrected chi connectivity index (χ2v) is 7.98. The smallest absolute Gasteiger partial charge is 0.303 e. The molecule has 0 fully saturated rings. The number of carbonyl (C=O) groups is 1. The molecular formula is C18H20N2O6S. The van der Waals surface area contributed by atoms with E-state index in [4.69, 9.17) is 5.11 Å². The minimum absolute atomic E-state index is 0.0716. The van der Waals surface area contributed by atoms with Crippen molar-refractivity contribution in [1.29, 1.82) is 0 Å². The number of para-hydroxylation sites is 1. The first-order valence-corrected chi connectivity index (χ1v) is 9.63. The van der Waals surface area contributed by atoms with Crippen LogP contribution in [0.2, 0.25) is 0 Å². The van der Waals surface area contributed by atoms with Crippen LogP contribution < -0.4 is 4.31 Å². The second-order valence-electron chi connectivity index (χ2n) is 6.15. The van der Waals surface area contributed by atoms with E-state index >= 15 is 0 Å². The maximum absolute atomic E-state index is 13.2. The maximum Gasteiger partial charge on any atom is 0.303 e. The van der Waals surface area contributed by atoms with Gasteiger partial charge in [0, 0.05) is 19.0 Å². The Balaban J connectivity index is 2.58. The normalized spacial score (nSPS) is 11.2. The molecular weight excluding hydrogens is 372 g/mol. The molecule has 0 amide bonds. The Kier molecular flexibility index (Phi) is 6.17. The summed E-state index contributed by atoms with van der Waals surface area (Å²) in [7, 11) is -4.26. The van der Waals surface area contributed by atoms with Crippen LogP contribution in [-0.4, -0.2) is 31.0 Å². The standard InChI is InChI=1S/C18H20N2O6S/c1-13-10-14(2)12-15(11-13)19(9-5-8-18(21)22)27(25,26)17-7-4-3-6-16(17)20(23)24/h3-4,6-7,10-12H,5,8-9H2,1-2H3,(H,21,22). The summed E-state index contributed by atoms with van der Waals surface area (Å²) in [6.07, 6.45) is -0.143. The number of sulfonamides is 1. The molecule has 0 spiro atoms. The Morgan fingerprint density at radius 2 is 1.74 bits per heavy atom. The third-order valence-electron chi connectivity index (χ3n) is 3.88. The number of aryl methyl sites for hydroxylation is 2. The van der Waals surface area contributed by atoms with Crippen molar-refractivity contribution in [3.05, 3.63) is 63.7 Å². The van der Waals surface area contributed by atoms with Gasteiger partial charge < -0.3 is 5.11 Å². The molecule has 0 atom stereocenters. The average molecular weight is 392 g/mol. The van der Waals surface area contributed by atoms with Crippen molar-refractivity contribution in [1.82, 2.24) is 0 Å². The van der Waals surface area contributed by atoms with E-state index in [1.54, 1.807) is 12.1 Å². The van der Waals surface area contributed by atoms with Gasteiger partial charge in [-0.05, 0) is 49.6 Å². The van der Waals surface area contributed by atoms with Crippen LogP contribution in [0.15, 0.2) is 47.4 Å². The number of hydrogen-bond donors (Lipinski definition) is 1. The average Bonchev–Trinajstić information content (AvgIpc) is 2.57. The zero-order chi connectivity index (χ0) is 20.2. The maximum atomic E-state index is 13.2. The summed E-state index contributed by atoms with van der Waals surface area (Å²) < 4.78 is 27.5. The van der Waals surface area contributed by atoms with Gasteiger partial charge in [0.15, 0.2) is 4.90 Å². The molecule has 0 radical (unpaired) electrons. The Morgan fingerprint density at radius 1 is 1.15 bits per heavy atom. The van der Waals surface area contributed by atoms with E-state index in [0.29, 0.717) is 5.69 Å². The number of nitro groups is 1. The van der Waals surface area contributed by atoms with Crippen LogP contribution in [0, 0.1) is 24.0 Å². The number of nitrogens with zero attached hydrogens (tertiary/aromatic N) is 2. The molecule has 1 N–H and O–H groups in total. The van der Waals surface area contributed by atoms with Crippen LogP contribution in [0.3, 0.4) is 0 Å². The van der Waals surface area contributed by atoms with Crippen LogP contribution in [0.5, 0.6) is 0 Å². The molecule has 27 heavy (non-hydrogen) atoms. The highest BCUT2D eigenvalue weighted by atomic mass is 32.2. The molecule has 0 saturated heterocycles. The van der Waals surface area contributed by atoms with Gasteiger partial charge in [0.2, 0.25) is 0 Å². The Morgan fingerprint density at radius 3 is 2.30 bits per heavy atom. The van der Waals surface area contributed by atoms with E-state index in [2.05, 4.69) is 0 Å². The molecule has 0 heterocycles. The van der Waals surface area contributed by atoms with Crippen LogP contribution in [0.1, 0.15) is 24.0 Å². The van der Waals surface area contributed by atoms with Gasteiger partial charge in [-0.2, -0.15) is 0 Å².